The molecule has 1 aliphatic rings. The van der Waals surface area contributed by atoms with E-state index in [1.54, 1.807) is 0 Å². The Morgan fingerprint density at radius 3 is 2.74 bits per heavy atom. The lowest BCUT2D eigenvalue weighted by molar-refractivity contribution is 0.427. The molecular formula is C11H15Cl2FN2O2S. The summed E-state index contributed by atoms with van der Waals surface area (Å²) < 4.78 is 39.7. The molecule has 1 N–H and O–H groups in total. The van der Waals surface area contributed by atoms with Crippen molar-refractivity contribution in [1.82, 2.24) is 9.62 Å². The summed E-state index contributed by atoms with van der Waals surface area (Å²) in [6, 6.07) is 4.02. The minimum Gasteiger partial charge on any atom is -0.315 e. The summed E-state index contributed by atoms with van der Waals surface area (Å²) in [6.07, 6.45) is 0.710. The van der Waals surface area contributed by atoms with Crippen LogP contribution in [-0.2, 0) is 10.0 Å². The fourth-order valence-corrected chi connectivity index (χ4v) is 3.68. The lowest BCUT2D eigenvalue weighted by Crippen LogP contribution is -2.34. The maximum Gasteiger partial charge on any atom is 0.246 e. The third-order valence-corrected chi connectivity index (χ3v) is 5.04. The third kappa shape index (κ3) is 3.58. The Labute approximate surface area is 123 Å². The van der Waals surface area contributed by atoms with Crippen LogP contribution in [0, 0.1) is 5.82 Å². The van der Waals surface area contributed by atoms with E-state index in [-0.39, 0.29) is 22.3 Å². The Bertz CT molecular complexity index is 531. The number of sulfonamides is 1. The SMILES string of the molecule is Cl.O=S(=O)(c1cccc(Cl)c1F)N1CCCNCC1. The largest absolute Gasteiger partial charge is 0.315 e. The van der Waals surface area contributed by atoms with Gasteiger partial charge >= 0.3 is 0 Å². The molecular weight excluding hydrogens is 314 g/mol. The molecule has 1 heterocycles. The average Bonchev–Trinajstić information content (AvgIpc) is 2.61. The number of nitrogens with zero attached hydrogens (tertiary/aromatic N) is 1. The number of halogens is 3. The van der Waals surface area contributed by atoms with E-state index in [4.69, 9.17) is 11.6 Å². The molecule has 4 nitrogen and oxygen atoms in total. The highest BCUT2D eigenvalue weighted by atomic mass is 35.5. The van der Waals surface area contributed by atoms with Gasteiger partial charge in [-0.05, 0) is 25.1 Å². The van der Waals surface area contributed by atoms with Gasteiger partial charge in [-0.1, -0.05) is 17.7 Å². The molecule has 1 aromatic carbocycles. The van der Waals surface area contributed by atoms with Gasteiger partial charge in [0.05, 0.1) is 5.02 Å². The first-order valence-corrected chi connectivity index (χ1v) is 7.50. The Morgan fingerprint density at radius 1 is 1.26 bits per heavy atom. The first-order chi connectivity index (χ1) is 8.53. The second kappa shape index (κ2) is 6.85. The first-order valence-electron chi connectivity index (χ1n) is 5.68. The lowest BCUT2D eigenvalue weighted by atomic mass is 10.3. The van der Waals surface area contributed by atoms with E-state index in [1.807, 2.05) is 0 Å². The monoisotopic (exact) mass is 328 g/mol. The second-order valence-electron chi connectivity index (χ2n) is 4.06. The molecule has 0 unspecified atom stereocenters. The summed E-state index contributed by atoms with van der Waals surface area (Å²) in [5.74, 6) is -0.878. The molecule has 0 bridgehead atoms. The predicted molar refractivity (Wildman–Crippen MR) is 74.9 cm³/mol. The van der Waals surface area contributed by atoms with Crippen LogP contribution in [0.4, 0.5) is 4.39 Å². The molecule has 0 atom stereocenters. The van der Waals surface area contributed by atoms with Gasteiger partial charge in [-0.15, -0.1) is 12.4 Å². The fraction of sp³-hybridized carbons (Fsp3) is 0.455. The van der Waals surface area contributed by atoms with Gasteiger partial charge < -0.3 is 5.32 Å². The topological polar surface area (TPSA) is 49.4 Å². The fourth-order valence-electron chi connectivity index (χ4n) is 1.88. The van der Waals surface area contributed by atoms with Crippen LogP contribution in [0.5, 0.6) is 0 Å². The van der Waals surface area contributed by atoms with Crippen molar-refractivity contribution in [3.63, 3.8) is 0 Å². The van der Waals surface area contributed by atoms with Crippen molar-refractivity contribution in [2.45, 2.75) is 11.3 Å². The minimum absolute atomic E-state index is 0. The van der Waals surface area contributed by atoms with Gasteiger partial charge in [0.15, 0.2) is 5.82 Å². The molecule has 1 saturated heterocycles. The van der Waals surface area contributed by atoms with Crippen molar-refractivity contribution in [2.75, 3.05) is 26.2 Å². The average molecular weight is 329 g/mol. The zero-order valence-electron chi connectivity index (χ0n) is 10.1. The van der Waals surface area contributed by atoms with Crippen molar-refractivity contribution in [3.05, 3.63) is 29.0 Å². The number of benzene rings is 1. The van der Waals surface area contributed by atoms with Gasteiger partial charge in [0.25, 0.3) is 0 Å². The number of hydrogen-bond donors (Lipinski definition) is 1. The van der Waals surface area contributed by atoms with Crippen LogP contribution < -0.4 is 5.32 Å². The van der Waals surface area contributed by atoms with Crippen molar-refractivity contribution in [1.29, 1.82) is 0 Å². The summed E-state index contributed by atoms with van der Waals surface area (Å²) in [5, 5.41) is 2.92. The molecule has 2 rings (SSSR count). The quantitative estimate of drug-likeness (QED) is 0.901. The lowest BCUT2D eigenvalue weighted by Gasteiger charge is -2.20. The van der Waals surface area contributed by atoms with Crippen LogP contribution in [0.15, 0.2) is 23.1 Å². The highest BCUT2D eigenvalue weighted by Crippen LogP contribution is 2.24. The van der Waals surface area contributed by atoms with E-state index in [1.165, 1.54) is 22.5 Å². The molecule has 0 aliphatic carbocycles. The van der Waals surface area contributed by atoms with Crippen LogP contribution in [0.1, 0.15) is 6.42 Å². The van der Waals surface area contributed by atoms with Crippen molar-refractivity contribution in [2.24, 2.45) is 0 Å². The standard InChI is InChI=1S/C11H14ClFN2O2S.ClH/c12-9-3-1-4-10(11(9)13)18(16,17)15-7-2-5-14-6-8-15;/h1,3-4,14H,2,5-8H2;1H. The minimum atomic E-state index is -3.80. The molecule has 0 spiro atoms. The van der Waals surface area contributed by atoms with Crippen LogP contribution in [0.2, 0.25) is 5.02 Å². The zero-order chi connectivity index (χ0) is 13.2. The van der Waals surface area contributed by atoms with Crippen LogP contribution >= 0.6 is 24.0 Å². The summed E-state index contributed by atoms with van der Waals surface area (Å²) in [5.41, 5.74) is 0. The molecule has 1 aromatic rings. The van der Waals surface area contributed by atoms with E-state index in [2.05, 4.69) is 5.32 Å². The number of nitrogens with one attached hydrogen (secondary N) is 1. The van der Waals surface area contributed by atoms with Crippen molar-refractivity contribution >= 4 is 34.0 Å². The Kier molecular flexibility index (Phi) is 6.01. The van der Waals surface area contributed by atoms with Gasteiger partial charge in [0.1, 0.15) is 4.90 Å². The molecule has 1 fully saturated rings. The summed E-state index contributed by atoms with van der Waals surface area (Å²) in [6.45, 7) is 2.07. The van der Waals surface area contributed by atoms with Crippen molar-refractivity contribution in [3.8, 4) is 0 Å². The smallest absolute Gasteiger partial charge is 0.246 e. The van der Waals surface area contributed by atoms with Crippen LogP contribution in [0.25, 0.3) is 0 Å². The molecule has 19 heavy (non-hydrogen) atoms. The first kappa shape index (κ1) is 16.7. The highest BCUT2D eigenvalue weighted by Gasteiger charge is 2.28. The highest BCUT2D eigenvalue weighted by molar-refractivity contribution is 7.89. The van der Waals surface area contributed by atoms with E-state index in [0.29, 0.717) is 26.1 Å². The van der Waals surface area contributed by atoms with Crippen LogP contribution in [-0.4, -0.2) is 38.9 Å². The molecule has 0 radical (unpaired) electrons. The Morgan fingerprint density at radius 2 is 2.00 bits per heavy atom. The van der Waals surface area contributed by atoms with Gasteiger partial charge in [-0.25, -0.2) is 12.8 Å². The van der Waals surface area contributed by atoms with Crippen molar-refractivity contribution < 1.29 is 12.8 Å². The number of hydrogen-bond acceptors (Lipinski definition) is 3. The van der Waals surface area contributed by atoms with E-state index >= 15 is 0 Å². The molecule has 1 aliphatic heterocycles. The van der Waals surface area contributed by atoms with Gasteiger partial charge in [-0.2, -0.15) is 4.31 Å². The normalized spacial score (nSPS) is 17.6. The Hall–Kier alpha value is -0.400. The van der Waals surface area contributed by atoms with Gasteiger partial charge in [0, 0.05) is 19.6 Å². The third-order valence-electron chi connectivity index (χ3n) is 2.83. The van der Waals surface area contributed by atoms with E-state index < -0.39 is 15.8 Å². The van der Waals surface area contributed by atoms with E-state index in [9.17, 15) is 12.8 Å². The maximum absolute atomic E-state index is 13.8. The van der Waals surface area contributed by atoms with Crippen LogP contribution in [0.3, 0.4) is 0 Å². The summed E-state index contributed by atoms with van der Waals surface area (Å²) in [4.78, 5) is -0.350. The summed E-state index contributed by atoms with van der Waals surface area (Å²) in [7, 11) is -3.80. The molecule has 0 amide bonds. The predicted octanol–water partition coefficient (Wildman–Crippen LogP) is 1.88. The molecule has 108 valence electrons. The molecule has 0 aromatic heterocycles. The number of rotatable bonds is 2. The molecule has 8 heteroatoms. The zero-order valence-corrected chi connectivity index (χ0v) is 12.5. The maximum atomic E-state index is 13.8. The van der Waals surface area contributed by atoms with Gasteiger partial charge in [0.2, 0.25) is 10.0 Å². The second-order valence-corrected chi connectivity index (χ2v) is 6.37. The summed E-state index contributed by atoms with van der Waals surface area (Å²) >= 11 is 5.62. The van der Waals surface area contributed by atoms with E-state index in [0.717, 1.165) is 6.54 Å². The van der Waals surface area contributed by atoms with Gasteiger partial charge in [-0.3, -0.25) is 0 Å². The molecule has 0 saturated carbocycles. The Balaban J connectivity index is 0.00000180.